The molecule has 1 aromatic carbocycles. The molecular weight excluding hydrogens is 310 g/mol. The number of halogens is 1. The van der Waals surface area contributed by atoms with E-state index in [0.717, 1.165) is 23.4 Å². The molecule has 0 fully saturated rings. The van der Waals surface area contributed by atoms with Crippen molar-refractivity contribution < 1.29 is 4.74 Å². The lowest BCUT2D eigenvalue weighted by molar-refractivity contribution is 0.199. The van der Waals surface area contributed by atoms with Crippen LogP contribution >= 0.6 is 27.7 Å². The third kappa shape index (κ3) is 5.63. The molecule has 0 aliphatic rings. The summed E-state index contributed by atoms with van der Waals surface area (Å²) < 4.78 is 6.81. The third-order valence-corrected chi connectivity index (χ3v) is 4.17. The van der Waals surface area contributed by atoms with Crippen LogP contribution in [0.1, 0.15) is 13.3 Å². The van der Waals surface area contributed by atoms with Crippen LogP contribution in [0.25, 0.3) is 0 Å². The van der Waals surface area contributed by atoms with E-state index in [4.69, 9.17) is 4.74 Å². The minimum Gasteiger partial charge on any atom is -0.492 e. The molecule has 0 N–H and O–H groups in total. The summed E-state index contributed by atoms with van der Waals surface area (Å²) in [4.78, 5) is 2.38. The summed E-state index contributed by atoms with van der Waals surface area (Å²) in [6, 6.07) is 8.63. The highest BCUT2D eigenvalue weighted by atomic mass is 79.9. The molecule has 0 bridgehead atoms. The maximum Gasteiger partial charge on any atom is 0.120 e. The van der Waals surface area contributed by atoms with Crippen molar-refractivity contribution in [1.82, 2.24) is 4.90 Å². The molecular formula is C14H22BrNOS. The smallest absolute Gasteiger partial charge is 0.120 e. The summed E-state index contributed by atoms with van der Waals surface area (Å²) in [7, 11) is 2.18. The van der Waals surface area contributed by atoms with E-state index in [2.05, 4.69) is 41.1 Å². The van der Waals surface area contributed by atoms with Gasteiger partial charge in [-0.15, -0.1) is 0 Å². The number of hydrogen-bond acceptors (Lipinski definition) is 3. The molecule has 102 valence electrons. The largest absolute Gasteiger partial charge is 0.492 e. The van der Waals surface area contributed by atoms with Gasteiger partial charge < -0.3 is 4.74 Å². The van der Waals surface area contributed by atoms with Gasteiger partial charge in [-0.1, -0.05) is 28.9 Å². The fourth-order valence-electron chi connectivity index (χ4n) is 1.80. The molecule has 0 saturated heterocycles. The topological polar surface area (TPSA) is 12.5 Å². The predicted molar refractivity (Wildman–Crippen MR) is 84.7 cm³/mol. The van der Waals surface area contributed by atoms with Gasteiger partial charge in [0.25, 0.3) is 0 Å². The van der Waals surface area contributed by atoms with Gasteiger partial charge >= 0.3 is 0 Å². The number of likely N-dealkylation sites (N-methyl/N-ethyl adjacent to an activating group) is 1. The maximum absolute atomic E-state index is 5.75. The molecule has 1 unspecified atom stereocenters. The minimum absolute atomic E-state index is 0.645. The molecule has 1 aromatic rings. The molecule has 1 atom stereocenters. The Morgan fingerprint density at radius 1 is 1.44 bits per heavy atom. The maximum atomic E-state index is 5.75. The average Bonchev–Trinajstić information content (AvgIpc) is 2.36. The number of nitrogens with zero attached hydrogens (tertiary/aromatic N) is 1. The van der Waals surface area contributed by atoms with Crippen LogP contribution in [0, 0.1) is 0 Å². The molecule has 18 heavy (non-hydrogen) atoms. The summed E-state index contributed by atoms with van der Waals surface area (Å²) in [5.41, 5.74) is 0. The Morgan fingerprint density at radius 2 is 2.22 bits per heavy atom. The second-order valence-electron chi connectivity index (χ2n) is 4.30. The summed E-state index contributed by atoms with van der Waals surface area (Å²) in [5, 5.41) is 0. The Balaban J connectivity index is 2.32. The standard InChI is InChI=1S/C14H22BrNOS/c1-4-13(11-18-3)16(2)8-9-17-14-7-5-6-12(15)10-14/h5-7,10,13H,4,8-9,11H2,1-3H3. The quantitative estimate of drug-likeness (QED) is 0.716. The summed E-state index contributed by atoms with van der Waals surface area (Å²) in [6.45, 7) is 3.94. The monoisotopic (exact) mass is 331 g/mol. The minimum atomic E-state index is 0.645. The molecule has 0 radical (unpaired) electrons. The second-order valence-corrected chi connectivity index (χ2v) is 6.13. The highest BCUT2D eigenvalue weighted by molar-refractivity contribution is 9.10. The molecule has 0 saturated carbocycles. The van der Waals surface area contributed by atoms with Crippen molar-refractivity contribution >= 4 is 27.7 Å². The van der Waals surface area contributed by atoms with Crippen LogP contribution in [0.4, 0.5) is 0 Å². The number of ether oxygens (including phenoxy) is 1. The van der Waals surface area contributed by atoms with Crippen LogP contribution in [0.15, 0.2) is 28.7 Å². The lowest BCUT2D eigenvalue weighted by Gasteiger charge is -2.26. The first-order chi connectivity index (χ1) is 8.67. The molecule has 1 rings (SSSR count). The van der Waals surface area contributed by atoms with Crippen molar-refractivity contribution in [1.29, 1.82) is 0 Å². The first-order valence-electron chi connectivity index (χ1n) is 6.25. The number of thioether (sulfide) groups is 1. The van der Waals surface area contributed by atoms with Crippen molar-refractivity contribution in [3.05, 3.63) is 28.7 Å². The van der Waals surface area contributed by atoms with Gasteiger partial charge in [-0.25, -0.2) is 0 Å². The summed E-state index contributed by atoms with van der Waals surface area (Å²) in [6.07, 6.45) is 3.35. The number of benzene rings is 1. The van der Waals surface area contributed by atoms with Crippen molar-refractivity contribution in [2.75, 3.05) is 32.2 Å². The molecule has 0 amide bonds. The van der Waals surface area contributed by atoms with Gasteiger partial charge in [-0.2, -0.15) is 11.8 Å². The molecule has 0 aliphatic carbocycles. The van der Waals surface area contributed by atoms with Crippen molar-refractivity contribution in [3.63, 3.8) is 0 Å². The van der Waals surface area contributed by atoms with Gasteiger partial charge in [0.2, 0.25) is 0 Å². The second kappa shape index (κ2) is 8.83. The highest BCUT2D eigenvalue weighted by Crippen LogP contribution is 2.17. The van der Waals surface area contributed by atoms with Crippen LogP contribution in [0.2, 0.25) is 0 Å². The fourth-order valence-corrected chi connectivity index (χ4v) is 3.05. The van der Waals surface area contributed by atoms with E-state index in [1.54, 1.807) is 0 Å². The van der Waals surface area contributed by atoms with E-state index in [0.29, 0.717) is 6.04 Å². The van der Waals surface area contributed by atoms with Gasteiger partial charge in [0.1, 0.15) is 12.4 Å². The van der Waals surface area contributed by atoms with Gasteiger partial charge in [-0.05, 0) is 37.9 Å². The van der Waals surface area contributed by atoms with Gasteiger partial charge in [0.05, 0.1) is 0 Å². The van der Waals surface area contributed by atoms with Crippen molar-refractivity contribution in [2.24, 2.45) is 0 Å². The Labute approximate surface area is 123 Å². The zero-order chi connectivity index (χ0) is 13.4. The first kappa shape index (κ1) is 15.9. The predicted octanol–water partition coefficient (Wildman–Crippen LogP) is 3.90. The average molecular weight is 332 g/mol. The molecule has 4 heteroatoms. The van der Waals surface area contributed by atoms with E-state index < -0.39 is 0 Å². The van der Waals surface area contributed by atoms with Gasteiger partial charge in [-0.3, -0.25) is 4.90 Å². The van der Waals surface area contributed by atoms with E-state index in [-0.39, 0.29) is 0 Å². The lowest BCUT2D eigenvalue weighted by Crippen LogP contribution is -2.36. The van der Waals surface area contributed by atoms with E-state index in [9.17, 15) is 0 Å². The first-order valence-corrected chi connectivity index (χ1v) is 8.43. The number of rotatable bonds is 8. The normalized spacial score (nSPS) is 12.7. The van der Waals surface area contributed by atoms with Gasteiger partial charge in [0.15, 0.2) is 0 Å². The summed E-state index contributed by atoms with van der Waals surface area (Å²) in [5.74, 6) is 2.11. The highest BCUT2D eigenvalue weighted by Gasteiger charge is 2.11. The van der Waals surface area contributed by atoms with E-state index >= 15 is 0 Å². The van der Waals surface area contributed by atoms with Crippen LogP contribution in [-0.4, -0.2) is 43.1 Å². The lowest BCUT2D eigenvalue weighted by atomic mass is 10.2. The Bertz CT molecular complexity index is 348. The SMILES string of the molecule is CCC(CSC)N(C)CCOc1cccc(Br)c1. The third-order valence-electron chi connectivity index (χ3n) is 2.96. The fraction of sp³-hybridized carbons (Fsp3) is 0.571. The van der Waals surface area contributed by atoms with Crippen molar-refractivity contribution in [3.8, 4) is 5.75 Å². The van der Waals surface area contributed by atoms with Crippen molar-refractivity contribution in [2.45, 2.75) is 19.4 Å². The van der Waals surface area contributed by atoms with Crippen LogP contribution in [0.3, 0.4) is 0 Å². The molecule has 0 aliphatic heterocycles. The molecule has 0 heterocycles. The zero-order valence-corrected chi connectivity index (χ0v) is 13.8. The Kier molecular flexibility index (Phi) is 7.79. The zero-order valence-electron chi connectivity index (χ0n) is 11.4. The molecule has 0 spiro atoms. The van der Waals surface area contributed by atoms with Crippen LogP contribution in [-0.2, 0) is 0 Å². The molecule has 0 aromatic heterocycles. The number of hydrogen-bond donors (Lipinski definition) is 0. The van der Waals surface area contributed by atoms with Gasteiger partial charge in [0, 0.05) is 22.8 Å². The summed E-state index contributed by atoms with van der Waals surface area (Å²) >= 11 is 5.35. The van der Waals surface area contributed by atoms with Crippen LogP contribution in [0.5, 0.6) is 5.75 Å². The Morgan fingerprint density at radius 3 is 2.83 bits per heavy atom. The molecule has 2 nitrogen and oxygen atoms in total. The Hall–Kier alpha value is -0.190. The van der Waals surface area contributed by atoms with E-state index in [1.165, 1.54) is 12.2 Å². The van der Waals surface area contributed by atoms with Crippen LogP contribution < -0.4 is 4.74 Å². The van der Waals surface area contributed by atoms with E-state index in [1.807, 2.05) is 36.0 Å².